The molecule has 2 N–H and O–H groups in total. The lowest BCUT2D eigenvalue weighted by Gasteiger charge is -2.22. The van der Waals surface area contributed by atoms with Gasteiger partial charge in [-0.05, 0) is 79.3 Å². The molecule has 4 aromatic carbocycles. The molecule has 4 rings (SSSR count). The first-order chi connectivity index (χ1) is 17.2. The second-order valence-corrected chi connectivity index (χ2v) is 10.7. The van der Waals surface area contributed by atoms with Gasteiger partial charge >= 0.3 is 0 Å². The Morgan fingerprint density at radius 1 is 0.722 bits per heavy atom. The van der Waals surface area contributed by atoms with Gasteiger partial charge in [0.2, 0.25) is 0 Å². The molecule has 1 atom stereocenters. The first-order valence-corrected chi connectivity index (χ1v) is 13.3. The Bertz CT molecular complexity index is 1510. The predicted octanol–water partition coefficient (Wildman–Crippen LogP) is 6.24. The molecule has 0 aliphatic rings. The first-order valence-electron chi connectivity index (χ1n) is 11.8. The average Bonchev–Trinajstić information content (AvgIpc) is 2.86. The van der Waals surface area contributed by atoms with E-state index in [4.69, 9.17) is 0 Å². The Kier molecular flexibility index (Phi) is 7.27. The lowest BCUT2D eigenvalue weighted by molar-refractivity contribution is 0.0942. The summed E-state index contributed by atoms with van der Waals surface area (Å²) in [5, 5.41) is 3.12. The summed E-state index contributed by atoms with van der Waals surface area (Å²) in [7, 11) is -3.91. The van der Waals surface area contributed by atoms with Crippen molar-refractivity contribution in [3.8, 4) is 0 Å². The van der Waals surface area contributed by atoms with Crippen molar-refractivity contribution in [1.29, 1.82) is 0 Å². The van der Waals surface area contributed by atoms with Gasteiger partial charge in [0.25, 0.3) is 15.9 Å². The van der Waals surface area contributed by atoms with E-state index in [1.807, 2.05) is 87.5 Å². The van der Waals surface area contributed by atoms with Crippen LogP contribution in [-0.4, -0.2) is 14.3 Å². The van der Waals surface area contributed by atoms with Gasteiger partial charge in [0.05, 0.1) is 16.6 Å². The van der Waals surface area contributed by atoms with Crippen LogP contribution in [-0.2, 0) is 10.0 Å². The van der Waals surface area contributed by atoms with Crippen LogP contribution < -0.4 is 10.0 Å². The number of carbonyl (C=O) groups is 1. The van der Waals surface area contributed by atoms with Crippen molar-refractivity contribution in [2.24, 2.45) is 0 Å². The lowest BCUT2D eigenvalue weighted by Crippen LogP contribution is -2.30. The maximum Gasteiger partial charge on any atom is 0.262 e. The molecule has 4 aromatic rings. The Morgan fingerprint density at radius 2 is 1.39 bits per heavy atom. The zero-order chi connectivity index (χ0) is 25.9. The van der Waals surface area contributed by atoms with Crippen LogP contribution in [0.1, 0.15) is 49.8 Å². The second-order valence-electron chi connectivity index (χ2n) is 9.01. The molecule has 6 heteroatoms. The normalized spacial score (nSPS) is 12.1. The molecule has 0 bridgehead atoms. The molecule has 0 aliphatic heterocycles. The molecular weight excluding hydrogens is 468 g/mol. The van der Waals surface area contributed by atoms with Crippen LogP contribution in [0.25, 0.3) is 0 Å². The summed E-state index contributed by atoms with van der Waals surface area (Å²) in [5.41, 5.74) is 6.17. The molecule has 0 aliphatic carbocycles. The summed E-state index contributed by atoms with van der Waals surface area (Å²) in [6.45, 7) is 7.53. The van der Waals surface area contributed by atoms with Crippen molar-refractivity contribution < 1.29 is 13.2 Å². The monoisotopic (exact) mass is 498 g/mol. The van der Waals surface area contributed by atoms with E-state index in [1.165, 1.54) is 6.07 Å². The molecule has 5 nitrogen and oxygen atoms in total. The minimum Gasteiger partial charge on any atom is -0.341 e. The van der Waals surface area contributed by atoms with Gasteiger partial charge in [-0.25, -0.2) is 8.42 Å². The molecule has 0 radical (unpaired) electrons. The lowest BCUT2D eigenvalue weighted by atomic mass is 9.94. The van der Waals surface area contributed by atoms with Crippen molar-refractivity contribution in [3.63, 3.8) is 0 Å². The van der Waals surface area contributed by atoms with Gasteiger partial charge in [-0.3, -0.25) is 9.52 Å². The highest BCUT2D eigenvalue weighted by atomic mass is 32.2. The minimum atomic E-state index is -3.91. The van der Waals surface area contributed by atoms with Gasteiger partial charge in [0, 0.05) is 5.56 Å². The Balaban J connectivity index is 1.67. The van der Waals surface area contributed by atoms with Crippen LogP contribution in [0.3, 0.4) is 0 Å². The van der Waals surface area contributed by atoms with Crippen molar-refractivity contribution in [3.05, 3.63) is 130 Å². The number of sulfonamides is 1. The van der Waals surface area contributed by atoms with Crippen LogP contribution in [0.4, 0.5) is 5.69 Å². The van der Waals surface area contributed by atoms with E-state index in [2.05, 4.69) is 10.0 Å². The maximum atomic E-state index is 13.4. The molecule has 0 saturated carbocycles. The van der Waals surface area contributed by atoms with Crippen LogP contribution in [0.5, 0.6) is 0 Å². The van der Waals surface area contributed by atoms with E-state index < -0.39 is 10.0 Å². The zero-order valence-corrected chi connectivity index (χ0v) is 21.7. The van der Waals surface area contributed by atoms with Crippen molar-refractivity contribution >= 4 is 21.6 Å². The van der Waals surface area contributed by atoms with E-state index in [0.29, 0.717) is 11.3 Å². The second kappa shape index (κ2) is 10.4. The quantitative estimate of drug-likeness (QED) is 0.317. The number of benzene rings is 4. The van der Waals surface area contributed by atoms with Gasteiger partial charge in [0.15, 0.2) is 0 Å². The summed E-state index contributed by atoms with van der Waals surface area (Å²) < 4.78 is 29.3. The molecular formula is C30H30N2O3S. The molecule has 0 spiro atoms. The topological polar surface area (TPSA) is 75.3 Å². The molecule has 1 amide bonds. The standard InChI is InChI=1S/C30H30N2O3S/c1-20-12-10-16-27(23(20)4)32-36(34,35)28-19-25(18-17-22(28)3)30(33)31-29(24-13-6-5-7-14-24)26-15-9-8-11-21(26)2/h5-19,29,32H,1-4H3,(H,31,33)/t29-/m1/s1. The molecule has 36 heavy (non-hydrogen) atoms. The summed E-state index contributed by atoms with van der Waals surface area (Å²) in [4.78, 5) is 13.5. The van der Waals surface area contributed by atoms with Gasteiger partial charge in [-0.2, -0.15) is 0 Å². The van der Waals surface area contributed by atoms with Crippen LogP contribution in [0.15, 0.2) is 95.9 Å². The number of hydrogen-bond donors (Lipinski definition) is 2. The summed E-state index contributed by atoms with van der Waals surface area (Å²) in [5.74, 6) is -0.352. The fourth-order valence-electron chi connectivity index (χ4n) is 4.20. The predicted molar refractivity (Wildman–Crippen MR) is 145 cm³/mol. The van der Waals surface area contributed by atoms with Crippen LogP contribution in [0.2, 0.25) is 0 Å². The smallest absolute Gasteiger partial charge is 0.262 e. The fourth-order valence-corrected chi connectivity index (χ4v) is 5.60. The van der Waals surface area contributed by atoms with Crippen LogP contribution >= 0.6 is 0 Å². The Hall–Kier alpha value is -3.90. The zero-order valence-electron chi connectivity index (χ0n) is 20.9. The fraction of sp³-hybridized carbons (Fsp3) is 0.167. The van der Waals surface area contributed by atoms with Gasteiger partial charge in [0.1, 0.15) is 0 Å². The molecule has 0 aromatic heterocycles. The summed E-state index contributed by atoms with van der Waals surface area (Å²) >= 11 is 0. The number of nitrogens with one attached hydrogen (secondary N) is 2. The van der Waals surface area contributed by atoms with Gasteiger partial charge in [-0.15, -0.1) is 0 Å². The third-order valence-corrected chi connectivity index (χ3v) is 8.00. The molecule has 0 heterocycles. The largest absolute Gasteiger partial charge is 0.341 e. The highest BCUT2D eigenvalue weighted by molar-refractivity contribution is 7.92. The SMILES string of the molecule is Cc1ccccc1[C@H](NC(=O)c1ccc(C)c(S(=O)(=O)Nc2cccc(C)c2C)c1)c1ccccc1. The van der Waals surface area contributed by atoms with E-state index in [-0.39, 0.29) is 22.4 Å². The maximum absolute atomic E-state index is 13.4. The van der Waals surface area contributed by atoms with Gasteiger partial charge in [-0.1, -0.05) is 72.8 Å². The third kappa shape index (κ3) is 5.34. The molecule has 0 unspecified atom stereocenters. The number of rotatable bonds is 7. The summed E-state index contributed by atoms with van der Waals surface area (Å²) in [6.07, 6.45) is 0. The number of aryl methyl sites for hydroxylation is 3. The van der Waals surface area contributed by atoms with Crippen molar-refractivity contribution in [1.82, 2.24) is 5.32 Å². The Morgan fingerprint density at radius 3 is 2.11 bits per heavy atom. The minimum absolute atomic E-state index is 0.0724. The highest BCUT2D eigenvalue weighted by Crippen LogP contribution is 2.27. The highest BCUT2D eigenvalue weighted by Gasteiger charge is 2.23. The number of hydrogen-bond acceptors (Lipinski definition) is 3. The average molecular weight is 499 g/mol. The third-order valence-electron chi connectivity index (χ3n) is 6.50. The number of anilines is 1. The van der Waals surface area contributed by atoms with Crippen molar-refractivity contribution in [2.45, 2.75) is 38.6 Å². The van der Waals surface area contributed by atoms with E-state index in [1.54, 1.807) is 25.1 Å². The van der Waals surface area contributed by atoms with E-state index in [9.17, 15) is 13.2 Å². The molecule has 0 fully saturated rings. The van der Waals surface area contributed by atoms with E-state index >= 15 is 0 Å². The van der Waals surface area contributed by atoms with Crippen molar-refractivity contribution in [2.75, 3.05) is 4.72 Å². The molecule has 0 saturated heterocycles. The number of amides is 1. The first kappa shape index (κ1) is 25.2. The number of carbonyl (C=O) groups excluding carboxylic acids is 1. The van der Waals surface area contributed by atoms with Gasteiger partial charge < -0.3 is 5.32 Å². The Labute approximate surface area is 213 Å². The van der Waals surface area contributed by atoms with Crippen LogP contribution in [0, 0.1) is 27.7 Å². The summed E-state index contributed by atoms with van der Waals surface area (Å²) in [6, 6.07) is 27.5. The van der Waals surface area contributed by atoms with E-state index in [0.717, 1.165) is 27.8 Å². The molecule has 184 valence electrons.